The second kappa shape index (κ2) is 9.00. The quantitative estimate of drug-likeness (QED) is 0.436. The van der Waals surface area contributed by atoms with Crippen LogP contribution < -0.4 is 5.73 Å². The van der Waals surface area contributed by atoms with Crippen molar-refractivity contribution >= 4 is 29.9 Å². The SMILES string of the molecule is CCC(CC)(CO)CN=C(N)N1CCCC(C)C1.I. The fraction of sp³-hybridized carbons (Fsp3) is 0.929. The Morgan fingerprint density at radius 2 is 2.05 bits per heavy atom. The molecule has 0 aliphatic carbocycles. The van der Waals surface area contributed by atoms with E-state index in [2.05, 4.69) is 30.7 Å². The molecular formula is C14H30IN3O. The first kappa shape index (κ1) is 19.0. The molecule has 1 atom stereocenters. The van der Waals surface area contributed by atoms with Crippen LogP contribution >= 0.6 is 24.0 Å². The average Bonchev–Trinajstić information content (AvgIpc) is 2.40. The summed E-state index contributed by atoms with van der Waals surface area (Å²) in [5.41, 5.74) is 5.98. The summed E-state index contributed by atoms with van der Waals surface area (Å²) in [6.45, 7) is 9.32. The summed E-state index contributed by atoms with van der Waals surface area (Å²) in [4.78, 5) is 6.71. The third-order valence-electron chi connectivity index (χ3n) is 4.39. The van der Waals surface area contributed by atoms with Crippen LogP contribution in [-0.2, 0) is 0 Å². The van der Waals surface area contributed by atoms with E-state index in [1.165, 1.54) is 12.8 Å². The number of aliphatic imine (C=N–C) groups is 1. The molecule has 0 aromatic rings. The largest absolute Gasteiger partial charge is 0.396 e. The van der Waals surface area contributed by atoms with Gasteiger partial charge in [0.15, 0.2) is 5.96 Å². The Morgan fingerprint density at radius 3 is 2.53 bits per heavy atom. The fourth-order valence-corrected chi connectivity index (χ4v) is 2.49. The maximum atomic E-state index is 9.52. The van der Waals surface area contributed by atoms with Gasteiger partial charge in [-0.2, -0.15) is 0 Å². The molecular weight excluding hydrogens is 353 g/mol. The van der Waals surface area contributed by atoms with Crippen LogP contribution in [0.4, 0.5) is 0 Å². The number of piperidine rings is 1. The maximum absolute atomic E-state index is 9.52. The monoisotopic (exact) mass is 383 g/mol. The lowest BCUT2D eigenvalue weighted by Gasteiger charge is -2.33. The molecule has 114 valence electrons. The van der Waals surface area contributed by atoms with Crippen molar-refractivity contribution in [3.8, 4) is 0 Å². The highest BCUT2D eigenvalue weighted by atomic mass is 127. The Balaban J connectivity index is 0.00000324. The molecule has 5 heteroatoms. The van der Waals surface area contributed by atoms with Gasteiger partial charge in [0.2, 0.25) is 0 Å². The fourth-order valence-electron chi connectivity index (χ4n) is 2.49. The van der Waals surface area contributed by atoms with Crippen molar-refractivity contribution in [2.24, 2.45) is 22.1 Å². The van der Waals surface area contributed by atoms with Crippen molar-refractivity contribution in [2.75, 3.05) is 26.2 Å². The van der Waals surface area contributed by atoms with Crippen LogP contribution in [0.15, 0.2) is 4.99 Å². The van der Waals surface area contributed by atoms with Gasteiger partial charge in [-0.3, -0.25) is 4.99 Å². The lowest BCUT2D eigenvalue weighted by Crippen LogP contribution is -2.44. The van der Waals surface area contributed by atoms with Gasteiger partial charge in [0.25, 0.3) is 0 Å². The number of guanidine groups is 1. The zero-order valence-electron chi connectivity index (χ0n) is 12.6. The average molecular weight is 383 g/mol. The zero-order chi connectivity index (χ0) is 13.6. The van der Waals surface area contributed by atoms with Gasteiger partial charge in [-0.15, -0.1) is 24.0 Å². The van der Waals surface area contributed by atoms with Crippen LogP contribution in [0.3, 0.4) is 0 Å². The first-order valence-electron chi connectivity index (χ1n) is 7.22. The molecule has 0 radical (unpaired) electrons. The highest BCUT2D eigenvalue weighted by Crippen LogP contribution is 2.26. The van der Waals surface area contributed by atoms with Crippen molar-refractivity contribution in [2.45, 2.75) is 46.5 Å². The van der Waals surface area contributed by atoms with E-state index in [1.54, 1.807) is 0 Å². The molecule has 1 fully saturated rings. The second-order valence-electron chi connectivity index (χ2n) is 5.73. The molecule has 0 bridgehead atoms. The van der Waals surface area contributed by atoms with Gasteiger partial charge in [0.05, 0.1) is 13.2 Å². The van der Waals surface area contributed by atoms with Gasteiger partial charge in [-0.1, -0.05) is 20.8 Å². The van der Waals surface area contributed by atoms with E-state index in [4.69, 9.17) is 5.73 Å². The molecule has 3 N–H and O–H groups in total. The molecule has 4 nitrogen and oxygen atoms in total. The van der Waals surface area contributed by atoms with Gasteiger partial charge in [0.1, 0.15) is 0 Å². The predicted molar refractivity (Wildman–Crippen MR) is 92.0 cm³/mol. The number of hydrogen-bond donors (Lipinski definition) is 2. The van der Waals surface area contributed by atoms with Gasteiger partial charge >= 0.3 is 0 Å². The highest BCUT2D eigenvalue weighted by Gasteiger charge is 2.25. The summed E-state index contributed by atoms with van der Waals surface area (Å²) < 4.78 is 0. The van der Waals surface area contributed by atoms with Crippen LogP contribution in [0.5, 0.6) is 0 Å². The summed E-state index contributed by atoms with van der Waals surface area (Å²) in [6, 6.07) is 0. The van der Waals surface area contributed by atoms with Crippen molar-refractivity contribution in [1.29, 1.82) is 0 Å². The van der Waals surface area contributed by atoms with E-state index in [-0.39, 0.29) is 36.0 Å². The number of nitrogens with zero attached hydrogens (tertiary/aromatic N) is 2. The second-order valence-corrected chi connectivity index (χ2v) is 5.73. The van der Waals surface area contributed by atoms with Gasteiger partial charge in [0, 0.05) is 18.5 Å². The minimum absolute atomic E-state index is 0. The smallest absolute Gasteiger partial charge is 0.191 e. The first-order chi connectivity index (χ1) is 8.56. The Bertz CT molecular complexity index is 272. The maximum Gasteiger partial charge on any atom is 0.191 e. The van der Waals surface area contributed by atoms with Crippen molar-refractivity contribution in [1.82, 2.24) is 4.90 Å². The number of hydrogen-bond acceptors (Lipinski definition) is 2. The Labute approximate surface area is 134 Å². The zero-order valence-corrected chi connectivity index (χ0v) is 14.9. The van der Waals surface area contributed by atoms with Crippen LogP contribution in [0, 0.1) is 11.3 Å². The Kier molecular flexibility index (Phi) is 8.98. The Morgan fingerprint density at radius 1 is 1.42 bits per heavy atom. The van der Waals surface area contributed by atoms with Crippen molar-refractivity contribution < 1.29 is 5.11 Å². The third kappa shape index (κ3) is 5.45. The van der Waals surface area contributed by atoms with Crippen LogP contribution in [0.2, 0.25) is 0 Å². The van der Waals surface area contributed by atoms with E-state index in [0.29, 0.717) is 18.4 Å². The number of rotatable bonds is 5. The molecule has 1 rings (SSSR count). The number of aliphatic hydroxyl groups excluding tert-OH is 1. The Hall–Kier alpha value is -0.0400. The van der Waals surface area contributed by atoms with Crippen LogP contribution in [0.1, 0.15) is 46.5 Å². The molecule has 0 spiro atoms. The number of likely N-dealkylation sites (tertiary alicyclic amines) is 1. The molecule has 0 saturated carbocycles. The van der Waals surface area contributed by atoms with Crippen molar-refractivity contribution in [3.05, 3.63) is 0 Å². The lowest BCUT2D eigenvalue weighted by atomic mass is 9.83. The summed E-state index contributed by atoms with van der Waals surface area (Å²) in [5, 5.41) is 9.52. The van der Waals surface area contributed by atoms with E-state index in [9.17, 15) is 5.11 Å². The van der Waals surface area contributed by atoms with E-state index >= 15 is 0 Å². The van der Waals surface area contributed by atoms with E-state index < -0.39 is 0 Å². The van der Waals surface area contributed by atoms with Gasteiger partial charge in [-0.25, -0.2) is 0 Å². The predicted octanol–water partition coefficient (Wildman–Crippen LogP) is 2.45. The highest BCUT2D eigenvalue weighted by molar-refractivity contribution is 14.0. The van der Waals surface area contributed by atoms with Gasteiger partial charge in [-0.05, 0) is 31.6 Å². The number of halogens is 1. The van der Waals surface area contributed by atoms with E-state index in [0.717, 1.165) is 25.9 Å². The summed E-state index contributed by atoms with van der Waals surface area (Å²) in [6.07, 6.45) is 4.36. The number of aliphatic hydroxyl groups is 1. The van der Waals surface area contributed by atoms with E-state index in [1.807, 2.05) is 0 Å². The molecule has 1 unspecified atom stereocenters. The third-order valence-corrected chi connectivity index (χ3v) is 4.39. The normalized spacial score (nSPS) is 21.2. The molecule has 1 aliphatic rings. The number of nitrogens with two attached hydrogens (primary N) is 1. The van der Waals surface area contributed by atoms with Gasteiger partial charge < -0.3 is 15.7 Å². The minimum atomic E-state index is -0.0912. The first-order valence-corrected chi connectivity index (χ1v) is 7.22. The molecule has 0 aromatic carbocycles. The van der Waals surface area contributed by atoms with Crippen LogP contribution in [0.25, 0.3) is 0 Å². The molecule has 19 heavy (non-hydrogen) atoms. The summed E-state index contributed by atoms with van der Waals surface area (Å²) >= 11 is 0. The topological polar surface area (TPSA) is 61.9 Å². The standard InChI is InChI=1S/C14H29N3O.HI/c1-4-14(5-2,11-18)10-16-13(15)17-8-6-7-12(3)9-17;/h12,18H,4-11H2,1-3H3,(H2,15,16);1H. The minimum Gasteiger partial charge on any atom is -0.396 e. The lowest BCUT2D eigenvalue weighted by molar-refractivity contribution is 0.123. The van der Waals surface area contributed by atoms with Crippen molar-refractivity contribution in [3.63, 3.8) is 0 Å². The summed E-state index contributed by atoms with van der Waals surface area (Å²) in [5.74, 6) is 1.36. The molecule has 0 aromatic heterocycles. The molecule has 1 aliphatic heterocycles. The van der Waals surface area contributed by atoms with Crippen LogP contribution in [-0.4, -0.2) is 42.2 Å². The molecule has 1 saturated heterocycles. The molecule has 0 amide bonds. The summed E-state index contributed by atoms with van der Waals surface area (Å²) in [7, 11) is 0. The molecule has 1 heterocycles.